The van der Waals surface area contributed by atoms with Gasteiger partial charge in [0.25, 0.3) is 0 Å². The molecule has 1 aromatic heterocycles. The van der Waals surface area contributed by atoms with Crippen molar-refractivity contribution in [3.05, 3.63) is 16.8 Å². The van der Waals surface area contributed by atoms with E-state index in [9.17, 15) is 4.79 Å². The molecule has 9 heavy (non-hydrogen) atoms. The van der Waals surface area contributed by atoms with Crippen molar-refractivity contribution in [1.29, 1.82) is 0 Å². The Hall–Kier alpha value is -0.390. The van der Waals surface area contributed by atoms with Crippen molar-refractivity contribution in [3.8, 4) is 0 Å². The van der Waals surface area contributed by atoms with E-state index in [0.29, 0.717) is 0 Å². The molecular formula is C3H4N4NaO. The zero-order valence-corrected chi connectivity index (χ0v) is 6.96. The molecule has 0 atom stereocenters. The first kappa shape index (κ1) is 8.61. The molecule has 5 nitrogen and oxygen atoms in total. The van der Waals surface area contributed by atoms with Crippen LogP contribution in [0, 0.1) is 0 Å². The van der Waals surface area contributed by atoms with E-state index in [1.54, 1.807) is 0 Å². The molecule has 0 aromatic carbocycles. The summed E-state index contributed by atoms with van der Waals surface area (Å²) in [6.45, 7) is 0. The third kappa shape index (κ3) is 2.59. The Labute approximate surface area is 73.0 Å². The smallest absolute Gasteiger partial charge is 0.349 e. The number of rotatable bonds is 0. The number of hydrogen-bond acceptors (Lipinski definition) is 4. The summed E-state index contributed by atoms with van der Waals surface area (Å²) in [6.07, 6.45) is 1.11. The molecule has 0 amide bonds. The molecule has 0 saturated heterocycles. The van der Waals surface area contributed by atoms with E-state index in [1.165, 1.54) is 0 Å². The summed E-state index contributed by atoms with van der Waals surface area (Å²) in [5, 5.41) is 0. The van der Waals surface area contributed by atoms with Crippen LogP contribution in [-0.4, -0.2) is 44.5 Å². The number of H-pyrrole nitrogens is 1. The SMILES string of the molecule is Nc1ncnc(=O)[nH]1.[Na]. The molecule has 3 N–H and O–H groups in total. The van der Waals surface area contributed by atoms with Gasteiger partial charge in [0.05, 0.1) is 0 Å². The van der Waals surface area contributed by atoms with Crippen LogP contribution in [0.25, 0.3) is 0 Å². The molecule has 0 aliphatic heterocycles. The third-order valence-corrected chi connectivity index (χ3v) is 0.607. The summed E-state index contributed by atoms with van der Waals surface area (Å²) in [6, 6.07) is 0. The molecule has 0 aliphatic carbocycles. The summed E-state index contributed by atoms with van der Waals surface area (Å²) >= 11 is 0. The fourth-order valence-electron chi connectivity index (χ4n) is 0.318. The van der Waals surface area contributed by atoms with Crippen molar-refractivity contribution in [2.75, 3.05) is 5.73 Å². The first-order valence-corrected chi connectivity index (χ1v) is 1.96. The number of aromatic amines is 1. The van der Waals surface area contributed by atoms with Crippen LogP contribution in [-0.2, 0) is 0 Å². The van der Waals surface area contributed by atoms with Crippen LogP contribution >= 0.6 is 0 Å². The van der Waals surface area contributed by atoms with E-state index >= 15 is 0 Å². The maximum Gasteiger partial charge on any atom is 0.349 e. The Bertz CT molecular complexity index is 233. The molecule has 0 spiro atoms. The number of nitrogens with one attached hydrogen (secondary N) is 1. The van der Waals surface area contributed by atoms with Gasteiger partial charge in [-0.3, -0.25) is 4.98 Å². The minimum absolute atomic E-state index is 0. The monoisotopic (exact) mass is 135 g/mol. The number of nitrogens with zero attached hydrogens (tertiary/aromatic N) is 2. The van der Waals surface area contributed by atoms with E-state index in [2.05, 4.69) is 15.0 Å². The minimum atomic E-state index is -0.475. The number of hydrogen-bond donors (Lipinski definition) is 2. The molecule has 0 aliphatic rings. The number of nitrogens with two attached hydrogens (primary N) is 1. The molecule has 1 heterocycles. The molecule has 0 saturated carbocycles. The van der Waals surface area contributed by atoms with E-state index in [-0.39, 0.29) is 35.5 Å². The number of anilines is 1. The average molecular weight is 135 g/mol. The maximum atomic E-state index is 10.2. The molecule has 6 heteroatoms. The molecule has 1 rings (SSSR count). The van der Waals surface area contributed by atoms with Crippen molar-refractivity contribution in [3.63, 3.8) is 0 Å². The summed E-state index contributed by atoms with van der Waals surface area (Å²) < 4.78 is 0. The van der Waals surface area contributed by atoms with Gasteiger partial charge < -0.3 is 5.73 Å². The van der Waals surface area contributed by atoms with Crippen LogP contribution in [0.3, 0.4) is 0 Å². The van der Waals surface area contributed by atoms with E-state index in [4.69, 9.17) is 5.73 Å². The van der Waals surface area contributed by atoms with Crippen molar-refractivity contribution < 1.29 is 0 Å². The van der Waals surface area contributed by atoms with Gasteiger partial charge in [-0.25, -0.2) is 9.78 Å². The Morgan fingerprint density at radius 2 is 2.22 bits per heavy atom. The Kier molecular flexibility index (Phi) is 3.44. The van der Waals surface area contributed by atoms with Gasteiger partial charge in [-0.2, -0.15) is 4.98 Å². The summed E-state index contributed by atoms with van der Waals surface area (Å²) in [5.74, 6) is 0.0880. The van der Waals surface area contributed by atoms with E-state index < -0.39 is 5.69 Å². The fraction of sp³-hybridized carbons (Fsp3) is 0. The van der Waals surface area contributed by atoms with Crippen LogP contribution < -0.4 is 11.4 Å². The minimum Gasteiger partial charge on any atom is -0.369 e. The first-order chi connectivity index (χ1) is 3.79. The normalized spacial score (nSPS) is 8.00. The van der Waals surface area contributed by atoms with E-state index in [1.807, 2.05) is 0 Å². The van der Waals surface area contributed by atoms with Gasteiger partial charge in [-0.15, -0.1) is 0 Å². The summed E-state index contributed by atoms with van der Waals surface area (Å²) in [4.78, 5) is 19.1. The zero-order chi connectivity index (χ0) is 5.98. The second kappa shape index (κ2) is 3.60. The largest absolute Gasteiger partial charge is 0.369 e. The molecule has 1 radical (unpaired) electrons. The zero-order valence-electron chi connectivity index (χ0n) is 4.96. The molecule has 43 valence electrons. The van der Waals surface area contributed by atoms with Crippen molar-refractivity contribution in [2.45, 2.75) is 0 Å². The third-order valence-electron chi connectivity index (χ3n) is 0.607. The summed E-state index contributed by atoms with van der Waals surface area (Å²) in [5.41, 5.74) is 4.58. The maximum absolute atomic E-state index is 10.2. The standard InChI is InChI=1S/C3H4N4O.Na/c4-2-5-1-6-3(8)7-2;/h1H,(H3,4,5,6,7,8);. The molecular weight excluding hydrogens is 131 g/mol. The summed E-state index contributed by atoms with van der Waals surface area (Å²) in [7, 11) is 0. The van der Waals surface area contributed by atoms with Gasteiger partial charge in [-0.05, 0) is 0 Å². The number of nitrogen functional groups attached to an aromatic ring is 1. The molecule has 0 bridgehead atoms. The Morgan fingerprint density at radius 1 is 1.56 bits per heavy atom. The van der Waals surface area contributed by atoms with Crippen LogP contribution in [0.4, 0.5) is 5.95 Å². The van der Waals surface area contributed by atoms with Crippen LogP contribution in [0.5, 0.6) is 0 Å². The van der Waals surface area contributed by atoms with Gasteiger partial charge in [0.2, 0.25) is 5.95 Å². The Balaban J connectivity index is 0.000000640. The average Bonchev–Trinajstić information content (AvgIpc) is 1.64. The van der Waals surface area contributed by atoms with E-state index in [0.717, 1.165) is 6.33 Å². The second-order valence-electron chi connectivity index (χ2n) is 1.19. The van der Waals surface area contributed by atoms with Crippen molar-refractivity contribution in [2.24, 2.45) is 0 Å². The Morgan fingerprint density at radius 3 is 2.56 bits per heavy atom. The van der Waals surface area contributed by atoms with Gasteiger partial charge >= 0.3 is 5.69 Å². The molecule has 1 aromatic rings. The quantitative estimate of drug-likeness (QED) is 0.418. The number of aromatic nitrogens is 3. The second-order valence-corrected chi connectivity index (χ2v) is 1.19. The first-order valence-electron chi connectivity index (χ1n) is 1.96. The van der Waals surface area contributed by atoms with Crippen LogP contribution in [0.15, 0.2) is 11.1 Å². The topological polar surface area (TPSA) is 84.7 Å². The van der Waals surface area contributed by atoms with Crippen LogP contribution in [0.1, 0.15) is 0 Å². The van der Waals surface area contributed by atoms with Crippen LogP contribution in [0.2, 0.25) is 0 Å². The van der Waals surface area contributed by atoms with Gasteiger partial charge in [0.1, 0.15) is 6.33 Å². The fourth-order valence-corrected chi connectivity index (χ4v) is 0.318. The van der Waals surface area contributed by atoms with Gasteiger partial charge in [-0.1, -0.05) is 0 Å². The van der Waals surface area contributed by atoms with Gasteiger partial charge in [0.15, 0.2) is 0 Å². The predicted octanol–water partition coefficient (Wildman–Crippen LogP) is -1.63. The van der Waals surface area contributed by atoms with Crippen molar-refractivity contribution >= 4 is 35.5 Å². The predicted molar refractivity (Wildman–Crippen MR) is 32.8 cm³/mol. The van der Waals surface area contributed by atoms with Crippen molar-refractivity contribution in [1.82, 2.24) is 15.0 Å². The molecule has 0 fully saturated rings. The van der Waals surface area contributed by atoms with Gasteiger partial charge in [0, 0.05) is 29.6 Å². The molecule has 0 unspecified atom stereocenters.